The molecule has 36 heavy (non-hydrogen) atoms. The number of benzene rings is 1. The third-order valence-corrected chi connectivity index (χ3v) is 6.71. The monoisotopic (exact) mass is 507 g/mol. The number of rotatable bonds is 10. The fourth-order valence-corrected chi connectivity index (χ4v) is 4.40. The van der Waals surface area contributed by atoms with Crippen LogP contribution in [-0.2, 0) is 4.79 Å². The van der Waals surface area contributed by atoms with Crippen LogP contribution in [0.25, 0.3) is 11.5 Å². The number of hydrogen-bond donors (Lipinski definition) is 3. The number of carbonyl (C=O) groups excluding carboxylic acids is 1. The molecule has 3 N–H and O–H groups in total. The number of amides is 1. The summed E-state index contributed by atoms with van der Waals surface area (Å²) in [4.78, 5) is 28.8. The molecule has 190 valence electrons. The maximum absolute atomic E-state index is 12.8. The van der Waals surface area contributed by atoms with Gasteiger partial charge in [-0.1, -0.05) is 41.9 Å². The standard InChI is InChI=1S/C27H34ClN7O/c1-19-10-11-30-22(17-19)26-32-20(2)25(28)27(34-26)31-18-23(21-7-4-3-5-8-21)33-24(36)9-6-14-35-15-12-29-13-16-35/h3-5,7-8,10-11,17,23,29H,6,9,12-16,18H2,1-2H3,(H,33,36)(H,31,32,34)/t23-/m0/s1. The number of anilines is 1. The molecule has 0 unspecified atom stereocenters. The number of aryl methyl sites for hydroxylation is 2. The van der Waals surface area contributed by atoms with Crippen LogP contribution < -0.4 is 16.0 Å². The highest BCUT2D eigenvalue weighted by molar-refractivity contribution is 6.33. The Bertz CT molecular complexity index is 1150. The predicted octanol–water partition coefficient (Wildman–Crippen LogP) is 3.76. The predicted molar refractivity (Wildman–Crippen MR) is 144 cm³/mol. The Labute approximate surface area is 217 Å². The quantitative estimate of drug-likeness (QED) is 0.384. The van der Waals surface area contributed by atoms with E-state index in [1.54, 1.807) is 6.20 Å². The molecule has 1 amide bonds. The molecule has 1 aliphatic rings. The molecule has 3 aromatic rings. The molecule has 1 saturated heterocycles. The van der Waals surface area contributed by atoms with Gasteiger partial charge in [0.1, 0.15) is 16.5 Å². The van der Waals surface area contributed by atoms with Crippen molar-refractivity contribution in [2.75, 3.05) is 44.6 Å². The van der Waals surface area contributed by atoms with Crippen LogP contribution in [0.5, 0.6) is 0 Å². The lowest BCUT2D eigenvalue weighted by Gasteiger charge is -2.27. The van der Waals surface area contributed by atoms with Gasteiger partial charge < -0.3 is 20.9 Å². The van der Waals surface area contributed by atoms with Crippen molar-refractivity contribution in [3.05, 3.63) is 70.5 Å². The SMILES string of the molecule is Cc1ccnc(-c2nc(C)c(Cl)c(NC[C@H](NC(=O)CCCN3CCNCC3)c3ccccc3)n2)c1. The topological polar surface area (TPSA) is 95.1 Å². The Hall–Kier alpha value is -3.07. The zero-order valence-electron chi connectivity index (χ0n) is 20.9. The van der Waals surface area contributed by atoms with E-state index in [0.29, 0.717) is 41.0 Å². The first-order valence-electron chi connectivity index (χ1n) is 12.5. The van der Waals surface area contributed by atoms with Crippen LogP contribution in [0.2, 0.25) is 5.02 Å². The summed E-state index contributed by atoms with van der Waals surface area (Å²) in [5.41, 5.74) is 3.45. The number of nitrogens with one attached hydrogen (secondary N) is 3. The van der Waals surface area contributed by atoms with Crippen molar-refractivity contribution < 1.29 is 4.79 Å². The second kappa shape index (κ2) is 12.8. The zero-order chi connectivity index (χ0) is 25.3. The Morgan fingerprint density at radius 3 is 2.67 bits per heavy atom. The Balaban J connectivity index is 1.43. The highest BCUT2D eigenvalue weighted by Crippen LogP contribution is 2.26. The van der Waals surface area contributed by atoms with E-state index in [4.69, 9.17) is 11.6 Å². The van der Waals surface area contributed by atoms with Gasteiger partial charge in [-0.3, -0.25) is 9.78 Å². The van der Waals surface area contributed by atoms with Crippen molar-refractivity contribution in [1.29, 1.82) is 0 Å². The van der Waals surface area contributed by atoms with Crippen LogP contribution in [-0.4, -0.2) is 65.0 Å². The minimum Gasteiger partial charge on any atom is -0.366 e. The van der Waals surface area contributed by atoms with Crippen molar-refractivity contribution >= 4 is 23.3 Å². The number of piperazine rings is 1. The molecule has 0 bridgehead atoms. The van der Waals surface area contributed by atoms with Crippen molar-refractivity contribution in [3.8, 4) is 11.5 Å². The molecular weight excluding hydrogens is 474 g/mol. The zero-order valence-corrected chi connectivity index (χ0v) is 21.7. The number of carbonyl (C=O) groups is 1. The summed E-state index contributed by atoms with van der Waals surface area (Å²) in [5, 5.41) is 10.4. The molecular formula is C27H34ClN7O. The third kappa shape index (κ3) is 7.22. The van der Waals surface area contributed by atoms with Gasteiger partial charge in [-0.2, -0.15) is 0 Å². The summed E-state index contributed by atoms with van der Waals surface area (Å²) in [6.45, 7) is 9.34. The highest BCUT2D eigenvalue weighted by Gasteiger charge is 2.18. The molecule has 0 radical (unpaired) electrons. The van der Waals surface area contributed by atoms with Gasteiger partial charge in [0, 0.05) is 45.3 Å². The Morgan fingerprint density at radius 2 is 1.92 bits per heavy atom. The molecule has 9 heteroatoms. The lowest BCUT2D eigenvalue weighted by Crippen LogP contribution is -2.44. The number of aromatic nitrogens is 3. The fraction of sp³-hybridized carbons (Fsp3) is 0.407. The number of halogens is 1. The molecule has 1 fully saturated rings. The van der Waals surface area contributed by atoms with Gasteiger partial charge in [-0.05, 0) is 50.1 Å². The molecule has 1 aliphatic heterocycles. The van der Waals surface area contributed by atoms with E-state index in [9.17, 15) is 4.79 Å². The lowest BCUT2D eigenvalue weighted by atomic mass is 10.1. The van der Waals surface area contributed by atoms with E-state index in [1.165, 1.54) is 0 Å². The third-order valence-electron chi connectivity index (χ3n) is 6.26. The lowest BCUT2D eigenvalue weighted by molar-refractivity contribution is -0.121. The van der Waals surface area contributed by atoms with Crippen LogP contribution in [0.1, 0.15) is 35.7 Å². The Kier molecular flexibility index (Phi) is 9.22. The molecule has 0 saturated carbocycles. The molecule has 2 aromatic heterocycles. The van der Waals surface area contributed by atoms with Crippen molar-refractivity contribution in [2.24, 2.45) is 0 Å². The van der Waals surface area contributed by atoms with Gasteiger partial charge in [0.2, 0.25) is 5.91 Å². The highest BCUT2D eigenvalue weighted by atomic mass is 35.5. The summed E-state index contributed by atoms with van der Waals surface area (Å²) in [6.07, 6.45) is 3.07. The van der Waals surface area contributed by atoms with E-state index in [2.05, 4.69) is 35.8 Å². The van der Waals surface area contributed by atoms with Crippen molar-refractivity contribution in [2.45, 2.75) is 32.7 Å². The maximum atomic E-state index is 12.8. The fourth-order valence-electron chi connectivity index (χ4n) is 4.25. The van der Waals surface area contributed by atoms with Gasteiger partial charge in [0.25, 0.3) is 0 Å². The largest absolute Gasteiger partial charge is 0.366 e. The molecule has 3 heterocycles. The first-order chi connectivity index (χ1) is 17.5. The smallest absolute Gasteiger partial charge is 0.220 e. The van der Waals surface area contributed by atoms with Crippen LogP contribution in [0, 0.1) is 13.8 Å². The molecule has 0 aliphatic carbocycles. The summed E-state index contributed by atoms with van der Waals surface area (Å²) in [6, 6.07) is 13.6. The van der Waals surface area contributed by atoms with Crippen LogP contribution in [0.4, 0.5) is 5.82 Å². The molecule has 1 atom stereocenters. The Morgan fingerprint density at radius 1 is 1.14 bits per heavy atom. The van der Waals surface area contributed by atoms with Crippen molar-refractivity contribution in [3.63, 3.8) is 0 Å². The average molecular weight is 508 g/mol. The summed E-state index contributed by atoms with van der Waals surface area (Å²) >= 11 is 6.56. The summed E-state index contributed by atoms with van der Waals surface area (Å²) < 4.78 is 0. The van der Waals surface area contributed by atoms with Crippen molar-refractivity contribution in [1.82, 2.24) is 30.5 Å². The molecule has 8 nitrogen and oxygen atoms in total. The summed E-state index contributed by atoms with van der Waals surface area (Å²) in [7, 11) is 0. The van der Waals surface area contributed by atoms with E-state index >= 15 is 0 Å². The van der Waals surface area contributed by atoms with E-state index in [-0.39, 0.29) is 11.9 Å². The molecule has 0 spiro atoms. The first-order valence-corrected chi connectivity index (χ1v) is 12.9. The number of pyridine rings is 1. The normalized spacial score (nSPS) is 14.9. The average Bonchev–Trinajstić information content (AvgIpc) is 2.89. The van der Waals surface area contributed by atoms with Gasteiger partial charge in [-0.15, -0.1) is 0 Å². The van der Waals surface area contributed by atoms with Crippen LogP contribution in [0.3, 0.4) is 0 Å². The number of nitrogens with zero attached hydrogens (tertiary/aromatic N) is 4. The van der Waals surface area contributed by atoms with E-state index in [1.807, 2.05) is 56.3 Å². The second-order valence-electron chi connectivity index (χ2n) is 9.12. The minimum absolute atomic E-state index is 0.0374. The number of hydrogen-bond acceptors (Lipinski definition) is 7. The van der Waals surface area contributed by atoms with Gasteiger partial charge >= 0.3 is 0 Å². The van der Waals surface area contributed by atoms with E-state index < -0.39 is 0 Å². The molecule has 4 rings (SSSR count). The van der Waals surface area contributed by atoms with E-state index in [0.717, 1.165) is 50.3 Å². The minimum atomic E-state index is -0.232. The molecule has 1 aromatic carbocycles. The second-order valence-corrected chi connectivity index (χ2v) is 9.50. The van der Waals surface area contributed by atoms with Gasteiger partial charge in [-0.25, -0.2) is 9.97 Å². The summed E-state index contributed by atoms with van der Waals surface area (Å²) in [5.74, 6) is 1.07. The van der Waals surface area contributed by atoms with Crippen LogP contribution >= 0.6 is 11.6 Å². The van der Waals surface area contributed by atoms with Gasteiger partial charge in [0.15, 0.2) is 5.82 Å². The maximum Gasteiger partial charge on any atom is 0.220 e. The van der Waals surface area contributed by atoms with Gasteiger partial charge in [0.05, 0.1) is 11.7 Å². The van der Waals surface area contributed by atoms with Crippen LogP contribution in [0.15, 0.2) is 48.7 Å². The first kappa shape index (κ1) is 26.0.